The third kappa shape index (κ3) is 3.90. The molecule has 0 aliphatic heterocycles. The number of hydrogen-bond donors (Lipinski definition) is 0. The standard InChI is InChI=1S/C11H17NO.C2H6/c1-7(2)13-11-10(5)9(4)8(3)6-12-11;1-2/h6-7H,1-5H3;1-2H3. The van der Waals surface area contributed by atoms with Crippen molar-refractivity contribution in [2.75, 3.05) is 0 Å². The number of ether oxygens (including phenoxy) is 1. The quantitative estimate of drug-likeness (QED) is 0.738. The Morgan fingerprint density at radius 3 is 2.07 bits per heavy atom. The number of hydrogen-bond acceptors (Lipinski definition) is 2. The number of aromatic nitrogens is 1. The van der Waals surface area contributed by atoms with Crippen LogP contribution >= 0.6 is 0 Å². The predicted octanol–water partition coefficient (Wildman–Crippen LogP) is 3.82. The lowest BCUT2D eigenvalue weighted by atomic mass is 10.1. The van der Waals surface area contributed by atoms with Crippen molar-refractivity contribution in [2.45, 2.75) is 54.6 Å². The van der Waals surface area contributed by atoms with E-state index in [1.54, 1.807) is 0 Å². The lowest BCUT2D eigenvalue weighted by molar-refractivity contribution is 0.230. The van der Waals surface area contributed by atoms with Gasteiger partial charge in [-0.05, 0) is 45.7 Å². The lowest BCUT2D eigenvalue weighted by Crippen LogP contribution is -2.09. The van der Waals surface area contributed by atoms with Crippen molar-refractivity contribution in [3.63, 3.8) is 0 Å². The van der Waals surface area contributed by atoms with Crippen LogP contribution in [0.15, 0.2) is 6.20 Å². The van der Waals surface area contributed by atoms with Gasteiger partial charge in [0, 0.05) is 11.8 Å². The fraction of sp³-hybridized carbons (Fsp3) is 0.615. The molecule has 2 nitrogen and oxygen atoms in total. The summed E-state index contributed by atoms with van der Waals surface area (Å²) < 4.78 is 5.57. The van der Waals surface area contributed by atoms with Gasteiger partial charge in [0.2, 0.25) is 5.88 Å². The van der Waals surface area contributed by atoms with Gasteiger partial charge in [-0.15, -0.1) is 0 Å². The predicted molar refractivity (Wildman–Crippen MR) is 65.6 cm³/mol. The molecular formula is C13H23NO. The highest BCUT2D eigenvalue weighted by Crippen LogP contribution is 2.21. The summed E-state index contributed by atoms with van der Waals surface area (Å²) in [5.74, 6) is 0.762. The first-order valence-electron chi connectivity index (χ1n) is 5.62. The second-order valence-electron chi connectivity index (χ2n) is 3.66. The molecule has 0 amide bonds. The monoisotopic (exact) mass is 209 g/mol. The second kappa shape index (κ2) is 6.44. The van der Waals surface area contributed by atoms with Gasteiger partial charge in [-0.2, -0.15) is 0 Å². The minimum absolute atomic E-state index is 0.188. The summed E-state index contributed by atoms with van der Waals surface area (Å²) in [6.45, 7) is 14.2. The Morgan fingerprint density at radius 2 is 1.60 bits per heavy atom. The van der Waals surface area contributed by atoms with Crippen LogP contribution in [-0.2, 0) is 0 Å². The van der Waals surface area contributed by atoms with E-state index in [-0.39, 0.29) is 6.10 Å². The molecule has 0 aromatic carbocycles. The van der Waals surface area contributed by atoms with Crippen molar-refractivity contribution in [3.05, 3.63) is 22.9 Å². The molecule has 0 unspecified atom stereocenters. The maximum atomic E-state index is 5.57. The van der Waals surface area contributed by atoms with Gasteiger partial charge in [0.25, 0.3) is 0 Å². The Balaban J connectivity index is 0.000000921. The highest BCUT2D eigenvalue weighted by molar-refractivity contribution is 5.37. The van der Waals surface area contributed by atoms with E-state index >= 15 is 0 Å². The minimum atomic E-state index is 0.188. The van der Waals surface area contributed by atoms with Crippen LogP contribution in [0.3, 0.4) is 0 Å². The summed E-state index contributed by atoms with van der Waals surface area (Å²) >= 11 is 0. The summed E-state index contributed by atoms with van der Waals surface area (Å²) in [7, 11) is 0. The first-order chi connectivity index (χ1) is 7.02. The summed E-state index contributed by atoms with van der Waals surface area (Å²) in [5, 5.41) is 0. The average molecular weight is 209 g/mol. The van der Waals surface area contributed by atoms with Gasteiger partial charge >= 0.3 is 0 Å². The fourth-order valence-corrected chi connectivity index (χ4v) is 1.15. The zero-order chi connectivity index (χ0) is 12.0. The van der Waals surface area contributed by atoms with Crippen LogP contribution in [0.4, 0.5) is 0 Å². The Bertz CT molecular complexity index is 306. The largest absolute Gasteiger partial charge is 0.475 e. The molecule has 0 fully saturated rings. The average Bonchev–Trinajstić information content (AvgIpc) is 2.22. The third-order valence-corrected chi connectivity index (χ3v) is 2.20. The second-order valence-corrected chi connectivity index (χ2v) is 3.66. The molecule has 0 atom stereocenters. The maximum Gasteiger partial charge on any atom is 0.216 e. The van der Waals surface area contributed by atoms with Crippen molar-refractivity contribution in [1.29, 1.82) is 0 Å². The van der Waals surface area contributed by atoms with Gasteiger partial charge in [0.15, 0.2) is 0 Å². The topological polar surface area (TPSA) is 22.1 Å². The van der Waals surface area contributed by atoms with Gasteiger partial charge in [-0.1, -0.05) is 13.8 Å². The van der Waals surface area contributed by atoms with E-state index in [1.807, 2.05) is 40.8 Å². The maximum absolute atomic E-state index is 5.57. The Kier molecular flexibility index (Phi) is 5.99. The molecule has 1 aromatic rings. The normalized spacial score (nSPS) is 9.60. The van der Waals surface area contributed by atoms with E-state index in [0.29, 0.717) is 0 Å². The Morgan fingerprint density at radius 1 is 1.07 bits per heavy atom. The molecule has 0 saturated carbocycles. The van der Waals surface area contributed by atoms with Gasteiger partial charge in [0.05, 0.1) is 6.10 Å². The van der Waals surface area contributed by atoms with Gasteiger partial charge < -0.3 is 4.74 Å². The molecule has 0 bridgehead atoms. The highest BCUT2D eigenvalue weighted by Gasteiger charge is 2.07. The van der Waals surface area contributed by atoms with Crippen LogP contribution in [0.25, 0.3) is 0 Å². The Hall–Kier alpha value is -1.05. The molecule has 0 radical (unpaired) electrons. The van der Waals surface area contributed by atoms with Gasteiger partial charge in [-0.3, -0.25) is 0 Å². The SMILES string of the molecule is CC.Cc1cnc(OC(C)C)c(C)c1C. The number of nitrogens with zero attached hydrogens (tertiary/aromatic N) is 1. The lowest BCUT2D eigenvalue weighted by Gasteiger charge is -2.13. The molecular weight excluding hydrogens is 186 g/mol. The van der Waals surface area contributed by atoms with E-state index < -0.39 is 0 Å². The molecule has 2 heteroatoms. The summed E-state index contributed by atoms with van der Waals surface area (Å²) in [6.07, 6.45) is 2.05. The van der Waals surface area contributed by atoms with Crippen LogP contribution in [-0.4, -0.2) is 11.1 Å². The van der Waals surface area contributed by atoms with Crippen LogP contribution in [0, 0.1) is 20.8 Å². The first kappa shape index (κ1) is 13.9. The molecule has 0 spiro atoms. The molecule has 15 heavy (non-hydrogen) atoms. The molecule has 0 saturated heterocycles. The van der Waals surface area contributed by atoms with Crippen LogP contribution < -0.4 is 4.74 Å². The number of aryl methyl sites for hydroxylation is 1. The molecule has 1 aromatic heterocycles. The van der Waals surface area contributed by atoms with Crippen molar-refractivity contribution in [1.82, 2.24) is 4.98 Å². The highest BCUT2D eigenvalue weighted by atomic mass is 16.5. The molecule has 86 valence electrons. The van der Waals surface area contributed by atoms with E-state index in [9.17, 15) is 0 Å². The summed E-state index contributed by atoms with van der Waals surface area (Å²) in [5.41, 5.74) is 3.63. The molecule has 0 aliphatic rings. The minimum Gasteiger partial charge on any atom is -0.475 e. The van der Waals surface area contributed by atoms with E-state index in [4.69, 9.17) is 4.74 Å². The first-order valence-corrected chi connectivity index (χ1v) is 5.62. The van der Waals surface area contributed by atoms with Crippen LogP contribution in [0.1, 0.15) is 44.4 Å². The number of pyridine rings is 1. The smallest absolute Gasteiger partial charge is 0.216 e. The molecule has 0 N–H and O–H groups in total. The molecule has 0 aliphatic carbocycles. The summed E-state index contributed by atoms with van der Waals surface area (Å²) in [4.78, 5) is 4.26. The van der Waals surface area contributed by atoms with Crippen molar-refractivity contribution in [3.8, 4) is 5.88 Å². The van der Waals surface area contributed by atoms with Gasteiger partial charge in [-0.25, -0.2) is 4.98 Å². The van der Waals surface area contributed by atoms with Crippen LogP contribution in [0.2, 0.25) is 0 Å². The van der Waals surface area contributed by atoms with E-state index in [2.05, 4.69) is 18.8 Å². The Labute approximate surface area is 93.7 Å². The van der Waals surface area contributed by atoms with Crippen molar-refractivity contribution < 1.29 is 4.74 Å². The third-order valence-electron chi connectivity index (χ3n) is 2.20. The zero-order valence-corrected chi connectivity index (χ0v) is 11.0. The molecule has 1 heterocycles. The van der Waals surface area contributed by atoms with E-state index in [1.165, 1.54) is 11.1 Å². The zero-order valence-electron chi connectivity index (χ0n) is 11.0. The molecule has 1 rings (SSSR count). The van der Waals surface area contributed by atoms with Gasteiger partial charge in [0.1, 0.15) is 0 Å². The van der Waals surface area contributed by atoms with Crippen molar-refractivity contribution in [2.24, 2.45) is 0 Å². The number of rotatable bonds is 2. The van der Waals surface area contributed by atoms with Crippen LogP contribution in [0.5, 0.6) is 5.88 Å². The van der Waals surface area contributed by atoms with E-state index in [0.717, 1.165) is 11.4 Å². The fourth-order valence-electron chi connectivity index (χ4n) is 1.15. The summed E-state index contributed by atoms with van der Waals surface area (Å²) in [6, 6.07) is 0. The van der Waals surface area contributed by atoms with Crippen molar-refractivity contribution >= 4 is 0 Å².